The molecule has 4 aliphatic rings. The molecule has 5 heteroatoms. The Bertz CT molecular complexity index is 802. The standard InChI is InChI=1S/C20H21N3OS/c21-11-13-2-1-3-14(4-13)12-25-19-23-22-18(24-19)20-8-15-5-16(9-20)7-17(6-15)10-20/h1-4,15-17H,5-10,12H2. The molecule has 1 aromatic heterocycles. The molecule has 4 aliphatic carbocycles. The fourth-order valence-electron chi connectivity index (χ4n) is 5.73. The van der Waals surface area contributed by atoms with Crippen LogP contribution in [0.1, 0.15) is 55.5 Å². The quantitative estimate of drug-likeness (QED) is 0.747. The molecule has 4 bridgehead atoms. The summed E-state index contributed by atoms with van der Waals surface area (Å²) in [5.41, 5.74) is 1.97. The van der Waals surface area contributed by atoms with Gasteiger partial charge in [-0.25, -0.2) is 0 Å². The van der Waals surface area contributed by atoms with Gasteiger partial charge in [0.05, 0.1) is 11.6 Å². The van der Waals surface area contributed by atoms with Crippen LogP contribution in [0.4, 0.5) is 0 Å². The minimum Gasteiger partial charge on any atom is -0.415 e. The highest BCUT2D eigenvalue weighted by atomic mass is 32.2. The Hall–Kier alpha value is -1.80. The number of thioether (sulfide) groups is 1. The molecule has 1 aromatic carbocycles. The van der Waals surface area contributed by atoms with Crippen molar-refractivity contribution in [3.63, 3.8) is 0 Å². The summed E-state index contributed by atoms with van der Waals surface area (Å²) in [6, 6.07) is 9.88. The molecule has 0 aliphatic heterocycles. The van der Waals surface area contributed by atoms with E-state index in [-0.39, 0.29) is 5.41 Å². The lowest BCUT2D eigenvalue weighted by molar-refractivity contribution is -0.0191. The van der Waals surface area contributed by atoms with Gasteiger partial charge in [0.1, 0.15) is 0 Å². The van der Waals surface area contributed by atoms with Crippen molar-refractivity contribution >= 4 is 11.8 Å². The van der Waals surface area contributed by atoms with Crippen LogP contribution in [-0.4, -0.2) is 10.2 Å². The largest absolute Gasteiger partial charge is 0.415 e. The number of benzene rings is 1. The van der Waals surface area contributed by atoms with Crippen molar-refractivity contribution in [2.24, 2.45) is 17.8 Å². The summed E-state index contributed by atoms with van der Waals surface area (Å²) in [5.74, 6) is 4.27. The van der Waals surface area contributed by atoms with Crippen molar-refractivity contribution < 1.29 is 4.42 Å². The molecule has 4 fully saturated rings. The molecule has 0 saturated heterocycles. The second-order valence-electron chi connectivity index (χ2n) is 8.17. The number of nitriles is 1. The minimum absolute atomic E-state index is 0.168. The van der Waals surface area contributed by atoms with Gasteiger partial charge in [0.2, 0.25) is 5.89 Å². The average molecular weight is 351 g/mol. The third-order valence-corrected chi connectivity index (χ3v) is 7.21. The van der Waals surface area contributed by atoms with Gasteiger partial charge in [-0.1, -0.05) is 23.9 Å². The Labute approximate surface area is 152 Å². The molecule has 128 valence electrons. The second-order valence-corrected chi connectivity index (χ2v) is 9.10. The zero-order chi connectivity index (χ0) is 16.9. The molecule has 0 spiro atoms. The summed E-state index contributed by atoms with van der Waals surface area (Å²) < 4.78 is 6.12. The molecular weight excluding hydrogens is 330 g/mol. The van der Waals surface area contributed by atoms with E-state index in [0.717, 1.165) is 35.0 Å². The molecule has 0 radical (unpaired) electrons. The van der Waals surface area contributed by atoms with E-state index in [1.165, 1.54) is 38.5 Å². The third-order valence-electron chi connectivity index (χ3n) is 6.32. The zero-order valence-corrected chi connectivity index (χ0v) is 15.0. The lowest BCUT2D eigenvalue weighted by Crippen LogP contribution is -2.48. The average Bonchev–Trinajstić information content (AvgIpc) is 3.09. The second kappa shape index (κ2) is 5.88. The number of hydrogen-bond donors (Lipinski definition) is 0. The first-order chi connectivity index (χ1) is 12.2. The number of nitrogens with zero attached hydrogens (tertiary/aromatic N) is 3. The molecule has 0 unspecified atom stereocenters. The molecule has 0 N–H and O–H groups in total. The molecule has 25 heavy (non-hydrogen) atoms. The van der Waals surface area contributed by atoms with Crippen molar-refractivity contribution in [3.05, 3.63) is 41.3 Å². The number of aromatic nitrogens is 2. The van der Waals surface area contributed by atoms with Gasteiger partial charge in [-0.2, -0.15) is 5.26 Å². The Morgan fingerprint density at radius 1 is 1.12 bits per heavy atom. The van der Waals surface area contributed by atoms with Crippen LogP contribution < -0.4 is 0 Å². The van der Waals surface area contributed by atoms with E-state index in [0.29, 0.717) is 10.8 Å². The fraction of sp³-hybridized carbons (Fsp3) is 0.550. The van der Waals surface area contributed by atoms with E-state index in [1.807, 2.05) is 24.3 Å². The molecular formula is C20H21N3OS. The van der Waals surface area contributed by atoms with E-state index in [4.69, 9.17) is 9.68 Å². The summed E-state index contributed by atoms with van der Waals surface area (Å²) in [6.45, 7) is 0. The van der Waals surface area contributed by atoms with Crippen LogP contribution in [-0.2, 0) is 11.2 Å². The fourth-order valence-corrected chi connectivity index (χ4v) is 6.44. The van der Waals surface area contributed by atoms with Gasteiger partial charge in [0.25, 0.3) is 5.22 Å². The Morgan fingerprint density at radius 3 is 2.52 bits per heavy atom. The van der Waals surface area contributed by atoms with Crippen LogP contribution in [0.3, 0.4) is 0 Å². The van der Waals surface area contributed by atoms with Crippen molar-refractivity contribution in [2.75, 3.05) is 0 Å². The first kappa shape index (κ1) is 15.5. The Kier molecular flexibility index (Phi) is 3.63. The summed E-state index contributed by atoms with van der Waals surface area (Å²) in [7, 11) is 0. The van der Waals surface area contributed by atoms with Crippen LogP contribution in [0, 0.1) is 29.1 Å². The van der Waals surface area contributed by atoms with Crippen LogP contribution in [0.5, 0.6) is 0 Å². The highest BCUT2D eigenvalue weighted by Gasteiger charge is 2.54. The van der Waals surface area contributed by atoms with Crippen LogP contribution in [0.2, 0.25) is 0 Å². The maximum Gasteiger partial charge on any atom is 0.276 e. The van der Waals surface area contributed by atoms with Gasteiger partial charge < -0.3 is 4.42 Å². The van der Waals surface area contributed by atoms with Gasteiger partial charge in [0, 0.05) is 11.2 Å². The molecule has 4 saturated carbocycles. The van der Waals surface area contributed by atoms with Gasteiger partial charge in [-0.3, -0.25) is 0 Å². The van der Waals surface area contributed by atoms with Gasteiger partial charge in [-0.05, 0) is 74.0 Å². The van der Waals surface area contributed by atoms with E-state index >= 15 is 0 Å². The van der Waals surface area contributed by atoms with Crippen molar-refractivity contribution in [1.29, 1.82) is 5.26 Å². The highest BCUT2D eigenvalue weighted by molar-refractivity contribution is 7.98. The highest BCUT2D eigenvalue weighted by Crippen LogP contribution is 2.60. The molecule has 0 amide bonds. The molecule has 2 aromatic rings. The molecule has 4 nitrogen and oxygen atoms in total. The first-order valence-corrected chi connectivity index (χ1v) is 10.2. The monoisotopic (exact) mass is 351 g/mol. The predicted octanol–water partition coefficient (Wildman–Crippen LogP) is 4.70. The van der Waals surface area contributed by atoms with Crippen LogP contribution in [0.25, 0.3) is 0 Å². The van der Waals surface area contributed by atoms with Gasteiger partial charge >= 0.3 is 0 Å². The predicted molar refractivity (Wildman–Crippen MR) is 94.9 cm³/mol. The maximum atomic E-state index is 9.00. The lowest BCUT2D eigenvalue weighted by Gasteiger charge is -2.55. The summed E-state index contributed by atoms with van der Waals surface area (Å²) >= 11 is 1.57. The van der Waals surface area contributed by atoms with E-state index < -0.39 is 0 Å². The van der Waals surface area contributed by atoms with Crippen LogP contribution >= 0.6 is 11.8 Å². The van der Waals surface area contributed by atoms with Crippen molar-refractivity contribution in [1.82, 2.24) is 10.2 Å². The summed E-state index contributed by atoms with van der Waals surface area (Å²) in [4.78, 5) is 0. The lowest BCUT2D eigenvalue weighted by atomic mass is 9.49. The van der Waals surface area contributed by atoms with Crippen LogP contribution in [0.15, 0.2) is 33.9 Å². The minimum atomic E-state index is 0.168. The van der Waals surface area contributed by atoms with Gasteiger partial charge in [0.15, 0.2) is 0 Å². The van der Waals surface area contributed by atoms with Crippen molar-refractivity contribution in [2.45, 2.75) is 54.9 Å². The SMILES string of the molecule is N#Cc1cccc(CSc2nnc(C34CC5CC(CC(C5)C3)C4)o2)c1. The topological polar surface area (TPSA) is 62.7 Å². The maximum absolute atomic E-state index is 9.00. The van der Waals surface area contributed by atoms with E-state index in [1.54, 1.807) is 11.8 Å². The smallest absolute Gasteiger partial charge is 0.276 e. The molecule has 0 atom stereocenters. The molecule has 6 rings (SSSR count). The summed E-state index contributed by atoms with van der Waals surface area (Å²) in [5, 5.41) is 18.4. The number of hydrogen-bond acceptors (Lipinski definition) is 5. The Morgan fingerprint density at radius 2 is 1.84 bits per heavy atom. The van der Waals surface area contributed by atoms with Crippen molar-refractivity contribution in [3.8, 4) is 6.07 Å². The van der Waals surface area contributed by atoms with E-state index in [9.17, 15) is 0 Å². The van der Waals surface area contributed by atoms with E-state index in [2.05, 4.69) is 16.3 Å². The van der Waals surface area contributed by atoms with Gasteiger partial charge in [-0.15, -0.1) is 10.2 Å². The zero-order valence-electron chi connectivity index (χ0n) is 14.1. The third kappa shape index (κ3) is 2.77. The first-order valence-electron chi connectivity index (χ1n) is 9.18. The Balaban J connectivity index is 1.31. The normalized spacial score (nSPS) is 32.7. The number of rotatable bonds is 4. The molecule has 1 heterocycles. The summed E-state index contributed by atoms with van der Waals surface area (Å²) in [6.07, 6.45) is 8.00.